The number of furan rings is 1. The van der Waals surface area contributed by atoms with Gasteiger partial charge in [-0.15, -0.1) is 0 Å². The molecule has 7 heteroatoms. The highest BCUT2D eigenvalue weighted by Crippen LogP contribution is 2.13. The number of nitrogens with two attached hydrogens (primary N) is 1. The Hall–Kier alpha value is -0.890. The molecular weight excluding hydrogens is 254 g/mol. The Kier molecular flexibility index (Phi) is 4.06. The van der Waals surface area contributed by atoms with Gasteiger partial charge in [0, 0.05) is 38.3 Å². The zero-order valence-electron chi connectivity index (χ0n) is 10.5. The standard InChI is InChI=1S/C11H19N3O3S/c1-18(15,16)14-4-2-13(3-5-14)8-11-6-10(7-12)9-17-11/h6,9H,2-5,7-8,12H2,1H3. The van der Waals surface area contributed by atoms with Gasteiger partial charge in [-0.05, 0) is 6.07 Å². The van der Waals surface area contributed by atoms with E-state index in [0.717, 1.165) is 24.4 Å². The van der Waals surface area contributed by atoms with Crippen molar-refractivity contribution in [3.05, 3.63) is 23.7 Å². The van der Waals surface area contributed by atoms with Crippen LogP contribution in [-0.2, 0) is 23.1 Å². The van der Waals surface area contributed by atoms with Gasteiger partial charge in [0.1, 0.15) is 5.76 Å². The number of rotatable bonds is 4. The van der Waals surface area contributed by atoms with Crippen LogP contribution in [0.2, 0.25) is 0 Å². The van der Waals surface area contributed by atoms with E-state index in [-0.39, 0.29) is 0 Å². The summed E-state index contributed by atoms with van der Waals surface area (Å²) in [4.78, 5) is 2.18. The molecule has 0 radical (unpaired) electrons. The Morgan fingerprint density at radius 1 is 1.33 bits per heavy atom. The summed E-state index contributed by atoms with van der Waals surface area (Å²) in [6, 6.07) is 1.95. The molecule has 1 aliphatic rings. The molecule has 0 spiro atoms. The van der Waals surface area contributed by atoms with Crippen LogP contribution in [0.3, 0.4) is 0 Å². The molecule has 1 fully saturated rings. The fourth-order valence-electron chi connectivity index (χ4n) is 2.06. The predicted octanol–water partition coefficient (Wildman–Crippen LogP) is -0.184. The lowest BCUT2D eigenvalue weighted by molar-refractivity contribution is 0.171. The Balaban J connectivity index is 1.87. The number of hydrogen-bond acceptors (Lipinski definition) is 5. The molecule has 2 heterocycles. The van der Waals surface area contributed by atoms with Crippen LogP contribution in [-0.4, -0.2) is 50.1 Å². The second-order valence-electron chi connectivity index (χ2n) is 4.56. The highest BCUT2D eigenvalue weighted by molar-refractivity contribution is 7.88. The second-order valence-corrected chi connectivity index (χ2v) is 6.55. The minimum Gasteiger partial charge on any atom is -0.468 e. The van der Waals surface area contributed by atoms with Crippen LogP contribution in [0.5, 0.6) is 0 Å². The van der Waals surface area contributed by atoms with Gasteiger partial charge >= 0.3 is 0 Å². The average molecular weight is 273 g/mol. The monoisotopic (exact) mass is 273 g/mol. The predicted molar refractivity (Wildman–Crippen MR) is 68.3 cm³/mol. The van der Waals surface area contributed by atoms with E-state index >= 15 is 0 Å². The second kappa shape index (κ2) is 5.40. The molecule has 0 aromatic carbocycles. The van der Waals surface area contributed by atoms with E-state index in [1.807, 2.05) is 6.07 Å². The first kappa shape index (κ1) is 13.5. The van der Waals surface area contributed by atoms with Crippen molar-refractivity contribution >= 4 is 10.0 Å². The van der Waals surface area contributed by atoms with Crippen LogP contribution >= 0.6 is 0 Å². The van der Waals surface area contributed by atoms with E-state index in [1.165, 1.54) is 10.6 Å². The highest BCUT2D eigenvalue weighted by Gasteiger charge is 2.23. The first-order valence-electron chi connectivity index (χ1n) is 5.93. The van der Waals surface area contributed by atoms with Crippen LogP contribution in [0.15, 0.2) is 16.7 Å². The maximum Gasteiger partial charge on any atom is 0.211 e. The van der Waals surface area contributed by atoms with Gasteiger partial charge in [-0.25, -0.2) is 8.42 Å². The van der Waals surface area contributed by atoms with Crippen molar-refractivity contribution in [1.29, 1.82) is 0 Å². The van der Waals surface area contributed by atoms with Crippen LogP contribution in [0.25, 0.3) is 0 Å². The van der Waals surface area contributed by atoms with Gasteiger partial charge in [0.15, 0.2) is 0 Å². The minimum absolute atomic E-state index is 0.478. The molecule has 1 aromatic rings. The van der Waals surface area contributed by atoms with Gasteiger partial charge in [0.25, 0.3) is 0 Å². The molecule has 0 amide bonds. The van der Waals surface area contributed by atoms with E-state index < -0.39 is 10.0 Å². The molecule has 0 unspecified atom stereocenters. The number of nitrogens with zero attached hydrogens (tertiary/aromatic N) is 2. The minimum atomic E-state index is -3.06. The smallest absolute Gasteiger partial charge is 0.211 e. The van der Waals surface area contributed by atoms with Crippen molar-refractivity contribution in [2.75, 3.05) is 32.4 Å². The first-order chi connectivity index (χ1) is 8.49. The molecule has 1 aromatic heterocycles. The third-order valence-corrected chi connectivity index (χ3v) is 4.43. The van der Waals surface area contributed by atoms with Crippen molar-refractivity contribution in [1.82, 2.24) is 9.21 Å². The average Bonchev–Trinajstić information content (AvgIpc) is 2.76. The van der Waals surface area contributed by atoms with Gasteiger partial charge < -0.3 is 10.2 Å². The molecule has 6 nitrogen and oxygen atoms in total. The van der Waals surface area contributed by atoms with E-state index in [0.29, 0.717) is 26.2 Å². The van der Waals surface area contributed by atoms with Crippen molar-refractivity contribution in [3.63, 3.8) is 0 Å². The fourth-order valence-corrected chi connectivity index (χ4v) is 2.88. The van der Waals surface area contributed by atoms with E-state index in [1.54, 1.807) is 6.26 Å². The topological polar surface area (TPSA) is 79.8 Å². The Morgan fingerprint density at radius 3 is 2.50 bits per heavy atom. The summed E-state index contributed by atoms with van der Waals surface area (Å²) in [5, 5.41) is 0. The number of sulfonamides is 1. The summed E-state index contributed by atoms with van der Waals surface area (Å²) in [6.45, 7) is 3.73. The summed E-state index contributed by atoms with van der Waals surface area (Å²) in [7, 11) is -3.06. The van der Waals surface area contributed by atoms with Crippen molar-refractivity contribution in [2.24, 2.45) is 5.73 Å². The molecule has 0 bridgehead atoms. The third kappa shape index (κ3) is 3.32. The lowest BCUT2D eigenvalue weighted by Crippen LogP contribution is -2.47. The van der Waals surface area contributed by atoms with Crippen LogP contribution in [0.1, 0.15) is 11.3 Å². The molecule has 18 heavy (non-hydrogen) atoms. The summed E-state index contributed by atoms with van der Waals surface area (Å²) < 4.78 is 29.6. The van der Waals surface area contributed by atoms with Gasteiger partial charge in [0.2, 0.25) is 10.0 Å². The van der Waals surface area contributed by atoms with Gasteiger partial charge in [-0.1, -0.05) is 0 Å². The molecule has 0 saturated carbocycles. The number of hydrogen-bond donors (Lipinski definition) is 1. The van der Waals surface area contributed by atoms with E-state index in [4.69, 9.17) is 10.2 Å². The van der Waals surface area contributed by atoms with Crippen molar-refractivity contribution in [2.45, 2.75) is 13.1 Å². The molecule has 0 atom stereocenters. The summed E-state index contributed by atoms with van der Waals surface area (Å²) in [5.74, 6) is 0.878. The molecule has 2 rings (SSSR count). The highest BCUT2D eigenvalue weighted by atomic mass is 32.2. The normalized spacial score (nSPS) is 19.2. The van der Waals surface area contributed by atoms with Crippen LogP contribution in [0.4, 0.5) is 0 Å². The number of piperazine rings is 1. The van der Waals surface area contributed by atoms with Crippen molar-refractivity contribution < 1.29 is 12.8 Å². The lowest BCUT2D eigenvalue weighted by Gasteiger charge is -2.32. The van der Waals surface area contributed by atoms with Crippen molar-refractivity contribution in [3.8, 4) is 0 Å². The zero-order chi connectivity index (χ0) is 13.2. The zero-order valence-corrected chi connectivity index (χ0v) is 11.3. The van der Waals surface area contributed by atoms with Crippen LogP contribution < -0.4 is 5.73 Å². The molecule has 1 aliphatic heterocycles. The molecule has 1 saturated heterocycles. The Labute approximate surface area is 107 Å². The molecule has 0 aliphatic carbocycles. The van der Waals surface area contributed by atoms with E-state index in [2.05, 4.69) is 4.90 Å². The summed E-state index contributed by atoms with van der Waals surface area (Å²) >= 11 is 0. The van der Waals surface area contributed by atoms with Crippen LogP contribution in [0, 0.1) is 0 Å². The Bertz CT molecular complexity index is 489. The maximum atomic E-state index is 11.4. The molecule has 2 N–H and O–H groups in total. The van der Waals surface area contributed by atoms with Gasteiger partial charge in [-0.2, -0.15) is 4.31 Å². The van der Waals surface area contributed by atoms with E-state index in [9.17, 15) is 8.42 Å². The maximum absolute atomic E-state index is 11.4. The molecule has 102 valence electrons. The SMILES string of the molecule is CS(=O)(=O)N1CCN(Cc2cc(CN)co2)CC1. The largest absolute Gasteiger partial charge is 0.468 e. The van der Waals surface area contributed by atoms with Gasteiger partial charge in [0.05, 0.1) is 19.1 Å². The Morgan fingerprint density at radius 2 is 2.00 bits per heavy atom. The third-order valence-electron chi connectivity index (χ3n) is 3.12. The van der Waals surface area contributed by atoms with Gasteiger partial charge in [-0.3, -0.25) is 4.90 Å². The first-order valence-corrected chi connectivity index (χ1v) is 7.77. The summed E-state index contributed by atoms with van der Waals surface area (Å²) in [5.41, 5.74) is 6.50. The molecular formula is C11H19N3O3S. The lowest BCUT2D eigenvalue weighted by atomic mass is 10.3. The quantitative estimate of drug-likeness (QED) is 0.823. The fraction of sp³-hybridized carbons (Fsp3) is 0.636. The summed E-state index contributed by atoms with van der Waals surface area (Å²) in [6.07, 6.45) is 2.92.